The van der Waals surface area contributed by atoms with Crippen LogP contribution in [0, 0.1) is 12.7 Å². The van der Waals surface area contributed by atoms with Gasteiger partial charge >= 0.3 is 12.3 Å². The number of halogens is 4. The van der Waals surface area contributed by atoms with Crippen LogP contribution < -0.4 is 0 Å². The van der Waals surface area contributed by atoms with Gasteiger partial charge in [-0.05, 0) is 74.3 Å². The van der Waals surface area contributed by atoms with Crippen molar-refractivity contribution in [2.24, 2.45) is 0 Å². The average Bonchev–Trinajstić information content (AvgIpc) is 2.46. The van der Waals surface area contributed by atoms with Crippen molar-refractivity contribution >= 4 is 5.97 Å². The Labute approximate surface area is 144 Å². The molecule has 0 heterocycles. The van der Waals surface area contributed by atoms with E-state index in [4.69, 9.17) is 4.74 Å². The molecule has 0 saturated heterocycles. The van der Waals surface area contributed by atoms with Crippen molar-refractivity contribution in [3.8, 4) is 0 Å². The van der Waals surface area contributed by atoms with Gasteiger partial charge in [0, 0.05) is 0 Å². The zero-order valence-corrected chi connectivity index (χ0v) is 14.3. The van der Waals surface area contributed by atoms with Crippen molar-refractivity contribution in [3.63, 3.8) is 0 Å². The summed E-state index contributed by atoms with van der Waals surface area (Å²) in [6, 6.07) is 2.71. The Balaban J connectivity index is 2.15. The molecule has 7 heteroatoms. The lowest BCUT2D eigenvalue weighted by molar-refractivity contribution is -0.345. The fraction of sp³-hybridized carbons (Fsp3) is 0.611. The van der Waals surface area contributed by atoms with E-state index >= 15 is 0 Å². The number of esters is 1. The highest BCUT2D eigenvalue weighted by molar-refractivity contribution is 5.73. The second-order valence-electron chi connectivity index (χ2n) is 6.31. The first-order chi connectivity index (χ1) is 11.7. The number of carbonyl (C=O) groups is 1. The van der Waals surface area contributed by atoms with E-state index < -0.39 is 24.3 Å². The summed E-state index contributed by atoms with van der Waals surface area (Å²) >= 11 is 0. The van der Waals surface area contributed by atoms with Gasteiger partial charge in [-0.15, -0.1) is 13.2 Å². The van der Waals surface area contributed by atoms with Crippen molar-refractivity contribution in [2.45, 2.75) is 64.3 Å². The monoisotopic (exact) mass is 362 g/mol. The number of hydrogen-bond donors (Lipinski definition) is 0. The quantitative estimate of drug-likeness (QED) is 0.557. The fourth-order valence-electron chi connectivity index (χ4n) is 3.58. The molecule has 3 nitrogen and oxygen atoms in total. The number of carbonyl (C=O) groups excluding carboxylic acids is 1. The normalized spacial score (nSPS) is 21.2. The van der Waals surface area contributed by atoms with Crippen molar-refractivity contribution in [1.82, 2.24) is 0 Å². The highest BCUT2D eigenvalue weighted by Gasteiger charge is 2.36. The molecule has 0 atom stereocenters. The van der Waals surface area contributed by atoms with Crippen molar-refractivity contribution in [3.05, 3.63) is 34.6 Å². The summed E-state index contributed by atoms with van der Waals surface area (Å²) in [5.41, 5.74) is 2.11. The van der Waals surface area contributed by atoms with Gasteiger partial charge in [-0.25, -0.2) is 4.39 Å². The van der Waals surface area contributed by atoms with Crippen molar-refractivity contribution in [1.29, 1.82) is 0 Å². The Kier molecular flexibility index (Phi) is 6.43. The summed E-state index contributed by atoms with van der Waals surface area (Å²) in [5.74, 6) is -0.893. The maximum Gasteiger partial charge on any atom is 0.522 e. The fourth-order valence-corrected chi connectivity index (χ4v) is 3.58. The Morgan fingerprint density at radius 2 is 1.84 bits per heavy atom. The molecule has 0 spiro atoms. The predicted molar refractivity (Wildman–Crippen MR) is 83.6 cm³/mol. The average molecular weight is 362 g/mol. The molecule has 140 valence electrons. The highest BCUT2D eigenvalue weighted by atomic mass is 19.4. The molecule has 25 heavy (non-hydrogen) atoms. The van der Waals surface area contributed by atoms with Gasteiger partial charge in [0.05, 0.1) is 19.1 Å². The molecule has 1 aromatic rings. The van der Waals surface area contributed by atoms with Crippen LogP contribution in [0.1, 0.15) is 55.2 Å². The van der Waals surface area contributed by atoms with Crippen molar-refractivity contribution < 1.29 is 31.8 Å². The number of aryl methyl sites for hydroxylation is 1. The summed E-state index contributed by atoms with van der Waals surface area (Å²) in [5, 5.41) is 0. The van der Waals surface area contributed by atoms with E-state index in [0.29, 0.717) is 24.0 Å². The van der Waals surface area contributed by atoms with Crippen LogP contribution in [0.15, 0.2) is 12.1 Å². The van der Waals surface area contributed by atoms with Crippen LogP contribution in [0.25, 0.3) is 0 Å². The first-order valence-corrected chi connectivity index (χ1v) is 8.38. The maximum atomic E-state index is 13.8. The minimum absolute atomic E-state index is 0.0156. The van der Waals surface area contributed by atoms with Crippen LogP contribution in [0.3, 0.4) is 0 Å². The molecule has 1 aliphatic carbocycles. The van der Waals surface area contributed by atoms with Gasteiger partial charge < -0.3 is 4.74 Å². The van der Waals surface area contributed by atoms with Gasteiger partial charge in [0.1, 0.15) is 5.82 Å². The van der Waals surface area contributed by atoms with Gasteiger partial charge in [-0.3, -0.25) is 9.53 Å². The zero-order chi connectivity index (χ0) is 18.6. The molecule has 1 aliphatic rings. The SMILES string of the molecule is CCOC(=O)Cc1cc(F)cc(C)c1C1CCC(OC(F)(F)F)CC1. The zero-order valence-electron chi connectivity index (χ0n) is 14.3. The molecule has 1 aromatic carbocycles. The van der Waals surface area contributed by atoms with Gasteiger partial charge in [0.2, 0.25) is 0 Å². The summed E-state index contributed by atoms with van der Waals surface area (Å²) in [7, 11) is 0. The second kappa shape index (κ2) is 8.17. The van der Waals surface area contributed by atoms with Crippen LogP contribution in [0.4, 0.5) is 17.6 Å². The van der Waals surface area contributed by atoms with E-state index in [9.17, 15) is 22.4 Å². The Bertz CT molecular complexity index is 605. The van der Waals surface area contributed by atoms with E-state index in [1.165, 1.54) is 12.1 Å². The van der Waals surface area contributed by atoms with E-state index in [0.717, 1.165) is 5.56 Å². The standard InChI is InChI=1S/C18H22F4O3/c1-3-24-16(23)10-13-9-14(19)8-11(2)17(13)12-4-6-15(7-5-12)25-18(20,21)22/h8-9,12,15H,3-7,10H2,1-2H3. The van der Waals surface area contributed by atoms with Crippen LogP contribution >= 0.6 is 0 Å². The molecule has 1 fully saturated rings. The van der Waals surface area contributed by atoms with Crippen LogP contribution in [0.2, 0.25) is 0 Å². The molecule has 0 unspecified atom stereocenters. The number of benzene rings is 1. The van der Waals surface area contributed by atoms with E-state index in [2.05, 4.69) is 4.74 Å². The lowest BCUT2D eigenvalue weighted by Crippen LogP contribution is -2.28. The van der Waals surface area contributed by atoms with Crippen LogP contribution in [-0.4, -0.2) is 25.0 Å². The summed E-state index contributed by atoms with van der Waals surface area (Å²) in [4.78, 5) is 11.8. The lowest BCUT2D eigenvalue weighted by atomic mass is 9.78. The molecule has 2 rings (SSSR count). The highest BCUT2D eigenvalue weighted by Crippen LogP contribution is 2.39. The predicted octanol–water partition coefficient (Wildman–Crippen LogP) is 4.80. The van der Waals surface area contributed by atoms with Crippen LogP contribution in [0.5, 0.6) is 0 Å². The molecule has 0 aromatic heterocycles. The maximum absolute atomic E-state index is 13.8. The smallest absolute Gasteiger partial charge is 0.466 e. The second-order valence-corrected chi connectivity index (χ2v) is 6.31. The van der Waals surface area contributed by atoms with Gasteiger partial charge in [-0.1, -0.05) is 0 Å². The Morgan fingerprint density at radius 3 is 2.40 bits per heavy atom. The molecule has 1 saturated carbocycles. The largest absolute Gasteiger partial charge is 0.522 e. The summed E-state index contributed by atoms with van der Waals surface area (Å²) in [6.45, 7) is 3.69. The van der Waals surface area contributed by atoms with Gasteiger partial charge in [-0.2, -0.15) is 0 Å². The van der Waals surface area contributed by atoms with E-state index in [-0.39, 0.29) is 31.8 Å². The van der Waals surface area contributed by atoms with Gasteiger partial charge in [0.15, 0.2) is 0 Å². The first kappa shape index (κ1) is 19.7. The van der Waals surface area contributed by atoms with Crippen LogP contribution in [-0.2, 0) is 20.7 Å². The van der Waals surface area contributed by atoms with Crippen molar-refractivity contribution in [2.75, 3.05) is 6.61 Å². The third-order valence-corrected chi connectivity index (χ3v) is 4.46. The van der Waals surface area contributed by atoms with Gasteiger partial charge in [0.25, 0.3) is 0 Å². The molecule has 0 bridgehead atoms. The van der Waals surface area contributed by atoms with E-state index in [1.54, 1.807) is 13.8 Å². The minimum Gasteiger partial charge on any atom is -0.466 e. The molecule has 0 amide bonds. The number of alkyl halides is 3. The number of ether oxygens (including phenoxy) is 2. The Morgan fingerprint density at radius 1 is 1.20 bits per heavy atom. The molecule has 0 N–H and O–H groups in total. The minimum atomic E-state index is -4.63. The third-order valence-electron chi connectivity index (χ3n) is 4.46. The molecular weight excluding hydrogens is 340 g/mol. The topological polar surface area (TPSA) is 35.5 Å². The van der Waals surface area contributed by atoms with E-state index in [1.807, 2.05) is 0 Å². The molecule has 0 radical (unpaired) electrons. The molecular formula is C18H22F4O3. The third kappa shape index (κ3) is 5.70. The number of rotatable bonds is 5. The lowest BCUT2D eigenvalue weighted by Gasteiger charge is -2.31. The summed E-state index contributed by atoms with van der Waals surface area (Å²) < 4.78 is 59.8. The Hall–Kier alpha value is -1.63. The number of hydrogen-bond acceptors (Lipinski definition) is 3. The first-order valence-electron chi connectivity index (χ1n) is 8.38. The summed E-state index contributed by atoms with van der Waals surface area (Å²) in [6.07, 6.45) is -3.95. The molecule has 0 aliphatic heterocycles.